The van der Waals surface area contributed by atoms with Gasteiger partial charge in [-0.2, -0.15) is 0 Å². The highest BCUT2D eigenvalue weighted by atomic mass is 19.1. The quantitative estimate of drug-likeness (QED) is 0.146. The normalized spacial score (nSPS) is 11.3. The van der Waals surface area contributed by atoms with Crippen LogP contribution in [0.2, 0.25) is 0 Å². The molecule has 0 radical (unpaired) electrons. The van der Waals surface area contributed by atoms with E-state index >= 15 is 0 Å². The molecule has 0 bridgehead atoms. The molecule has 0 heterocycles. The third-order valence-electron chi connectivity index (χ3n) is 6.02. The van der Waals surface area contributed by atoms with Gasteiger partial charge < -0.3 is 19.3 Å². The molecule has 0 amide bonds. The summed E-state index contributed by atoms with van der Waals surface area (Å²) in [6.07, 6.45) is -0.966. The van der Waals surface area contributed by atoms with Gasteiger partial charge >= 0.3 is 5.97 Å². The molecule has 2 N–H and O–H groups in total. The van der Waals surface area contributed by atoms with Gasteiger partial charge in [0, 0.05) is 6.42 Å². The monoisotopic (exact) mass is 543 g/mol. The predicted octanol–water partition coefficient (Wildman–Crippen LogP) is 6.15. The number of hydrogen-bond acceptors (Lipinski definition) is 6. The maximum atomic E-state index is 13.1. The second-order valence-corrected chi connectivity index (χ2v) is 8.83. The number of hydrogen-bond donors (Lipinski definition) is 2. The molecule has 0 aliphatic heterocycles. The Morgan fingerprint density at radius 2 is 1.40 bits per heavy atom. The summed E-state index contributed by atoms with van der Waals surface area (Å²) < 4.78 is 29.5. The molecule has 8 heteroatoms. The zero-order valence-electron chi connectivity index (χ0n) is 22.0. The number of halogens is 1. The van der Waals surface area contributed by atoms with Crippen molar-refractivity contribution in [2.24, 2.45) is 0 Å². The van der Waals surface area contributed by atoms with Gasteiger partial charge in [-0.25, -0.2) is 9.18 Å². The van der Waals surface area contributed by atoms with Crippen molar-refractivity contribution < 1.29 is 33.3 Å². The predicted molar refractivity (Wildman–Crippen MR) is 151 cm³/mol. The molecule has 4 aromatic carbocycles. The van der Waals surface area contributed by atoms with Crippen LogP contribution in [-0.4, -0.2) is 37.5 Å². The lowest BCUT2D eigenvalue weighted by Crippen LogP contribution is -2.29. The summed E-state index contributed by atoms with van der Waals surface area (Å²) in [6, 6.07) is 28.1. The minimum atomic E-state index is -1.11. The Balaban J connectivity index is 1.18. The zero-order chi connectivity index (χ0) is 28.3. The van der Waals surface area contributed by atoms with Gasteiger partial charge in [-0.05, 0) is 70.8 Å². The Kier molecular flexibility index (Phi) is 9.74. The lowest BCUT2D eigenvalue weighted by atomic mass is 10.0. The number of carboxylic acids is 1. The minimum absolute atomic E-state index is 0.142. The summed E-state index contributed by atoms with van der Waals surface area (Å²) in [5.74, 6) is 0.193. The van der Waals surface area contributed by atoms with Crippen molar-refractivity contribution in [2.75, 3.05) is 20.3 Å². The third kappa shape index (κ3) is 8.09. The van der Waals surface area contributed by atoms with Crippen LogP contribution in [0.15, 0.2) is 104 Å². The molecule has 206 valence electrons. The number of carboxylic acid groups (broad SMARTS) is 1. The Labute approximate surface area is 232 Å². The van der Waals surface area contributed by atoms with Gasteiger partial charge in [0.05, 0.1) is 12.8 Å². The number of aliphatic carboxylic acids is 1. The maximum absolute atomic E-state index is 13.1. The zero-order valence-corrected chi connectivity index (χ0v) is 22.0. The van der Waals surface area contributed by atoms with Gasteiger partial charge in [-0.3, -0.25) is 10.3 Å². The molecule has 1 unspecified atom stereocenters. The van der Waals surface area contributed by atoms with E-state index in [9.17, 15) is 14.3 Å². The van der Waals surface area contributed by atoms with Crippen LogP contribution < -0.4 is 19.7 Å². The van der Waals surface area contributed by atoms with E-state index in [4.69, 9.17) is 19.0 Å². The van der Waals surface area contributed by atoms with Crippen molar-refractivity contribution in [3.05, 3.63) is 121 Å². The first-order chi connectivity index (χ1) is 19.4. The number of hydroxylamine groups is 1. The first-order valence-electron chi connectivity index (χ1n) is 12.6. The van der Waals surface area contributed by atoms with Crippen molar-refractivity contribution >= 4 is 11.7 Å². The third-order valence-corrected chi connectivity index (χ3v) is 6.02. The van der Waals surface area contributed by atoms with E-state index in [0.717, 1.165) is 28.0 Å². The molecule has 4 aromatic rings. The van der Waals surface area contributed by atoms with Gasteiger partial charge in [0.2, 0.25) is 0 Å². The van der Waals surface area contributed by atoms with E-state index in [1.807, 2.05) is 48.5 Å². The number of ether oxygens (including phenoxy) is 3. The summed E-state index contributed by atoms with van der Waals surface area (Å²) in [6.45, 7) is 4.59. The molecule has 0 spiro atoms. The fraction of sp³-hybridized carbons (Fsp3) is 0.156. The molecule has 0 aliphatic carbocycles. The van der Waals surface area contributed by atoms with Gasteiger partial charge in [0.1, 0.15) is 36.3 Å². The van der Waals surface area contributed by atoms with Gasteiger partial charge in [0.25, 0.3) is 0 Å². The number of rotatable bonds is 14. The molecule has 4 rings (SSSR count). The van der Waals surface area contributed by atoms with Crippen molar-refractivity contribution in [3.63, 3.8) is 0 Å². The largest absolute Gasteiger partial charge is 0.497 e. The number of methoxy groups -OCH3 is 1. The molecule has 0 saturated heterocycles. The van der Waals surface area contributed by atoms with Crippen LogP contribution in [0, 0.1) is 5.82 Å². The SMILES string of the molecule is C=C(NOCCOc1ccc(CC(Oc2ccc(F)cc2)C(=O)O)cc1)c1ccc(-c2ccc(OC)cc2)cc1. The summed E-state index contributed by atoms with van der Waals surface area (Å²) >= 11 is 0. The van der Waals surface area contributed by atoms with E-state index in [2.05, 4.69) is 12.1 Å². The minimum Gasteiger partial charge on any atom is -0.497 e. The Bertz CT molecular complexity index is 1390. The highest BCUT2D eigenvalue weighted by molar-refractivity contribution is 5.73. The Morgan fingerprint density at radius 1 is 0.825 bits per heavy atom. The van der Waals surface area contributed by atoms with Crippen LogP contribution >= 0.6 is 0 Å². The van der Waals surface area contributed by atoms with Crippen LogP contribution in [0.25, 0.3) is 16.8 Å². The molecule has 7 nitrogen and oxygen atoms in total. The summed E-state index contributed by atoms with van der Waals surface area (Å²) in [5.41, 5.74) is 7.30. The van der Waals surface area contributed by atoms with Crippen molar-refractivity contribution in [3.8, 4) is 28.4 Å². The van der Waals surface area contributed by atoms with Gasteiger partial charge in [0.15, 0.2) is 6.10 Å². The van der Waals surface area contributed by atoms with Crippen LogP contribution in [-0.2, 0) is 16.1 Å². The molecule has 0 fully saturated rings. The molecule has 0 saturated carbocycles. The van der Waals surface area contributed by atoms with Crippen LogP contribution in [0.4, 0.5) is 4.39 Å². The average molecular weight is 544 g/mol. The highest BCUT2D eigenvalue weighted by Gasteiger charge is 2.20. The number of nitrogens with one attached hydrogen (secondary N) is 1. The van der Waals surface area contributed by atoms with E-state index < -0.39 is 17.9 Å². The maximum Gasteiger partial charge on any atom is 0.345 e. The molecule has 0 aromatic heterocycles. The first-order valence-corrected chi connectivity index (χ1v) is 12.6. The second kappa shape index (κ2) is 13.8. The number of benzene rings is 4. The van der Waals surface area contributed by atoms with Crippen LogP contribution in [0.1, 0.15) is 11.1 Å². The average Bonchev–Trinajstić information content (AvgIpc) is 2.98. The summed E-state index contributed by atoms with van der Waals surface area (Å²) in [4.78, 5) is 17.1. The summed E-state index contributed by atoms with van der Waals surface area (Å²) in [5, 5.41) is 9.51. The van der Waals surface area contributed by atoms with Crippen molar-refractivity contribution in [1.82, 2.24) is 5.48 Å². The smallest absolute Gasteiger partial charge is 0.345 e. The van der Waals surface area contributed by atoms with Gasteiger partial charge in [-0.15, -0.1) is 0 Å². The molecule has 0 aliphatic rings. The second-order valence-electron chi connectivity index (χ2n) is 8.83. The lowest BCUT2D eigenvalue weighted by molar-refractivity contribution is -0.145. The highest BCUT2D eigenvalue weighted by Crippen LogP contribution is 2.24. The first kappa shape index (κ1) is 28.2. The van der Waals surface area contributed by atoms with E-state index in [1.54, 1.807) is 31.4 Å². The van der Waals surface area contributed by atoms with Crippen molar-refractivity contribution in [1.29, 1.82) is 0 Å². The van der Waals surface area contributed by atoms with E-state index in [0.29, 0.717) is 18.1 Å². The standard InChI is InChI=1S/C32H30FNO6/c1-22(24-5-7-25(8-6-24)26-9-15-28(37-2)16-10-26)34-39-20-19-38-29-13-3-23(4-14-29)21-31(32(35)36)40-30-17-11-27(33)12-18-30/h3-18,31,34H,1,19-21H2,2H3,(H,35,36). The Hall–Kier alpha value is -4.82. The fourth-order valence-electron chi connectivity index (χ4n) is 3.84. The summed E-state index contributed by atoms with van der Waals surface area (Å²) in [7, 11) is 1.64. The molecular weight excluding hydrogens is 513 g/mol. The van der Waals surface area contributed by atoms with Gasteiger partial charge in [-0.1, -0.05) is 55.1 Å². The molecule has 40 heavy (non-hydrogen) atoms. The van der Waals surface area contributed by atoms with E-state index in [1.165, 1.54) is 24.3 Å². The Morgan fingerprint density at radius 3 is 2.00 bits per heavy atom. The lowest BCUT2D eigenvalue weighted by Gasteiger charge is -2.15. The fourth-order valence-corrected chi connectivity index (χ4v) is 3.84. The van der Waals surface area contributed by atoms with Crippen LogP contribution in [0.5, 0.6) is 17.2 Å². The molecular formula is C32H30FNO6. The van der Waals surface area contributed by atoms with Crippen LogP contribution in [0.3, 0.4) is 0 Å². The number of carbonyl (C=O) groups is 1. The topological polar surface area (TPSA) is 86.2 Å². The van der Waals surface area contributed by atoms with E-state index in [-0.39, 0.29) is 18.8 Å². The van der Waals surface area contributed by atoms with Crippen molar-refractivity contribution in [2.45, 2.75) is 12.5 Å². The molecule has 1 atom stereocenters.